The number of aromatic nitrogens is 6. The van der Waals surface area contributed by atoms with Crippen LogP contribution in [0.1, 0.15) is 11.3 Å². The molecule has 4 rings (SSSR count). The fourth-order valence-electron chi connectivity index (χ4n) is 2.82. The van der Waals surface area contributed by atoms with Gasteiger partial charge in [0.2, 0.25) is 0 Å². The largest absolute Gasteiger partial charge is 0.382 e. The number of H-pyrrole nitrogens is 1. The number of aromatic amines is 1. The van der Waals surface area contributed by atoms with E-state index in [1.54, 1.807) is 4.68 Å². The molecule has 0 aliphatic carbocycles. The molecular weight excluding hydrogens is 290 g/mol. The average molecular weight is 307 g/mol. The van der Waals surface area contributed by atoms with Crippen molar-refractivity contribution in [1.82, 2.24) is 29.5 Å². The van der Waals surface area contributed by atoms with Crippen molar-refractivity contribution >= 4 is 16.9 Å². The van der Waals surface area contributed by atoms with E-state index in [9.17, 15) is 0 Å². The molecule has 0 aliphatic rings. The Bertz CT molecular complexity index is 989. The molecule has 4 heterocycles. The Morgan fingerprint density at radius 3 is 2.74 bits per heavy atom. The van der Waals surface area contributed by atoms with Crippen molar-refractivity contribution in [2.75, 3.05) is 5.73 Å². The molecule has 0 amide bonds. The van der Waals surface area contributed by atoms with Crippen LogP contribution in [0, 0.1) is 0 Å². The van der Waals surface area contributed by atoms with E-state index in [1.807, 2.05) is 49.6 Å². The molecule has 0 aliphatic heterocycles. The first kappa shape index (κ1) is 13.6. The molecule has 4 aromatic heterocycles. The summed E-state index contributed by atoms with van der Waals surface area (Å²) < 4.78 is 3.60. The summed E-state index contributed by atoms with van der Waals surface area (Å²) in [4.78, 5) is 7.74. The molecule has 0 bridgehead atoms. The van der Waals surface area contributed by atoms with Crippen molar-refractivity contribution in [2.45, 2.75) is 6.42 Å². The Balaban J connectivity index is 1.77. The summed E-state index contributed by atoms with van der Waals surface area (Å²) in [5.74, 6) is 0.538. The molecule has 23 heavy (non-hydrogen) atoms. The molecule has 3 N–H and O–H groups in total. The van der Waals surface area contributed by atoms with Crippen LogP contribution < -0.4 is 5.73 Å². The average Bonchev–Trinajstić information content (AvgIpc) is 3.20. The number of rotatable bonds is 3. The van der Waals surface area contributed by atoms with Gasteiger partial charge in [0.1, 0.15) is 11.5 Å². The van der Waals surface area contributed by atoms with Crippen molar-refractivity contribution < 1.29 is 0 Å². The van der Waals surface area contributed by atoms with Crippen LogP contribution in [0.15, 0.2) is 36.9 Å². The third-order valence-electron chi connectivity index (χ3n) is 4.02. The Kier molecular flexibility index (Phi) is 2.94. The monoisotopic (exact) mass is 307 g/mol. The smallest absolute Gasteiger partial charge is 0.145 e. The molecule has 0 fully saturated rings. The van der Waals surface area contributed by atoms with Gasteiger partial charge in [0, 0.05) is 67.4 Å². The maximum absolute atomic E-state index is 5.76. The first-order chi connectivity index (χ1) is 11.1. The Morgan fingerprint density at radius 1 is 1.17 bits per heavy atom. The van der Waals surface area contributed by atoms with Gasteiger partial charge >= 0.3 is 0 Å². The molecule has 7 nitrogen and oxygen atoms in total. The van der Waals surface area contributed by atoms with Gasteiger partial charge < -0.3 is 10.7 Å². The number of nitrogens with two attached hydrogens (primary N) is 1. The number of aryl methyl sites for hydroxylation is 2. The molecule has 4 aromatic rings. The van der Waals surface area contributed by atoms with Crippen molar-refractivity contribution in [2.24, 2.45) is 14.1 Å². The highest BCUT2D eigenvalue weighted by Crippen LogP contribution is 2.26. The number of fused-ring (bicyclic) bond motifs is 1. The number of nitrogens with one attached hydrogen (secondary N) is 1. The third-order valence-corrected chi connectivity index (χ3v) is 4.02. The molecule has 0 radical (unpaired) electrons. The summed E-state index contributed by atoms with van der Waals surface area (Å²) in [6.07, 6.45) is 8.43. The van der Waals surface area contributed by atoms with E-state index < -0.39 is 0 Å². The normalized spacial score (nSPS) is 11.4. The van der Waals surface area contributed by atoms with E-state index in [0.717, 1.165) is 34.3 Å². The first-order valence-corrected chi connectivity index (χ1v) is 7.33. The van der Waals surface area contributed by atoms with Gasteiger partial charge in [-0.05, 0) is 11.6 Å². The van der Waals surface area contributed by atoms with E-state index >= 15 is 0 Å². The lowest BCUT2D eigenvalue weighted by Crippen LogP contribution is -1.99. The van der Waals surface area contributed by atoms with Crippen LogP contribution in [0.25, 0.3) is 22.2 Å². The molecule has 0 unspecified atom stereocenters. The fraction of sp³-hybridized carbons (Fsp3) is 0.188. The molecular formula is C16H17N7. The van der Waals surface area contributed by atoms with Crippen LogP contribution in [0.3, 0.4) is 0 Å². The van der Waals surface area contributed by atoms with Gasteiger partial charge in [0.25, 0.3) is 0 Å². The number of nitrogen functional groups attached to an aromatic ring is 1. The summed E-state index contributed by atoms with van der Waals surface area (Å²) >= 11 is 0. The van der Waals surface area contributed by atoms with Crippen LogP contribution in [0.5, 0.6) is 0 Å². The van der Waals surface area contributed by atoms with Crippen molar-refractivity contribution in [3.05, 3.63) is 48.2 Å². The molecule has 0 spiro atoms. The molecule has 0 saturated carbocycles. The lowest BCUT2D eigenvalue weighted by molar-refractivity contribution is 0.728. The Hall–Kier alpha value is -3.09. The maximum Gasteiger partial charge on any atom is 0.145 e. The molecule has 0 atom stereocenters. The van der Waals surface area contributed by atoms with E-state index in [4.69, 9.17) is 5.73 Å². The summed E-state index contributed by atoms with van der Waals surface area (Å²) in [6, 6.07) is 4.04. The zero-order chi connectivity index (χ0) is 16.0. The van der Waals surface area contributed by atoms with Gasteiger partial charge in [-0.15, -0.1) is 0 Å². The van der Waals surface area contributed by atoms with Crippen LogP contribution in [-0.2, 0) is 20.5 Å². The summed E-state index contributed by atoms with van der Waals surface area (Å²) in [6.45, 7) is 0. The van der Waals surface area contributed by atoms with Gasteiger partial charge in [0.05, 0.1) is 6.20 Å². The van der Waals surface area contributed by atoms with Gasteiger partial charge in [-0.3, -0.25) is 9.36 Å². The summed E-state index contributed by atoms with van der Waals surface area (Å²) in [5, 5.41) is 9.52. The Morgan fingerprint density at radius 2 is 2.04 bits per heavy atom. The van der Waals surface area contributed by atoms with E-state index in [0.29, 0.717) is 5.82 Å². The molecule has 0 saturated heterocycles. The number of anilines is 1. The number of hydrogen-bond acceptors (Lipinski definition) is 4. The van der Waals surface area contributed by atoms with Crippen LogP contribution in [0.2, 0.25) is 0 Å². The Labute approximate surface area is 132 Å². The summed E-state index contributed by atoms with van der Waals surface area (Å²) in [5.41, 5.74) is 11.0. The minimum Gasteiger partial charge on any atom is -0.382 e. The topological polar surface area (TPSA) is 90.3 Å². The highest BCUT2D eigenvalue weighted by Gasteiger charge is 2.11. The summed E-state index contributed by atoms with van der Waals surface area (Å²) in [7, 11) is 3.81. The van der Waals surface area contributed by atoms with Crippen LogP contribution in [0.4, 0.5) is 5.82 Å². The minimum absolute atomic E-state index is 0.538. The molecule has 116 valence electrons. The van der Waals surface area contributed by atoms with Crippen molar-refractivity contribution in [1.29, 1.82) is 0 Å². The highest BCUT2D eigenvalue weighted by molar-refractivity contribution is 5.84. The zero-order valence-corrected chi connectivity index (χ0v) is 13.0. The van der Waals surface area contributed by atoms with E-state index in [-0.39, 0.29) is 0 Å². The third kappa shape index (κ3) is 2.36. The standard InChI is InChI=1S/C16H17N7/c1-22-9-12(8-20-22)10-4-14-11(7-19-16(14)18-6-10)3-13-5-15(17)21-23(13)2/h4-9H,3H2,1-2H3,(H2,17,21)(H,18,19). The second-order valence-electron chi connectivity index (χ2n) is 5.70. The molecule has 0 aromatic carbocycles. The van der Waals surface area contributed by atoms with Gasteiger partial charge in [-0.25, -0.2) is 4.98 Å². The van der Waals surface area contributed by atoms with Crippen LogP contribution >= 0.6 is 0 Å². The second-order valence-corrected chi connectivity index (χ2v) is 5.70. The quantitative estimate of drug-likeness (QED) is 0.604. The second kappa shape index (κ2) is 4.98. The predicted octanol–water partition coefficient (Wildman–Crippen LogP) is 1.87. The van der Waals surface area contributed by atoms with E-state index in [2.05, 4.69) is 26.2 Å². The molecule has 7 heteroatoms. The van der Waals surface area contributed by atoms with Gasteiger partial charge in [0.15, 0.2) is 0 Å². The predicted molar refractivity (Wildman–Crippen MR) is 88.7 cm³/mol. The number of pyridine rings is 1. The van der Waals surface area contributed by atoms with Crippen molar-refractivity contribution in [3.8, 4) is 11.1 Å². The SMILES string of the molecule is Cn1cc(-c2cnc3[nH]cc(Cc4cc(N)nn4C)c3c2)cn1. The maximum atomic E-state index is 5.76. The van der Waals surface area contributed by atoms with Crippen molar-refractivity contribution in [3.63, 3.8) is 0 Å². The number of nitrogens with zero attached hydrogens (tertiary/aromatic N) is 5. The van der Waals surface area contributed by atoms with Gasteiger partial charge in [-0.1, -0.05) is 0 Å². The van der Waals surface area contributed by atoms with Gasteiger partial charge in [-0.2, -0.15) is 10.2 Å². The van der Waals surface area contributed by atoms with E-state index in [1.165, 1.54) is 5.56 Å². The highest BCUT2D eigenvalue weighted by atomic mass is 15.3. The zero-order valence-electron chi connectivity index (χ0n) is 13.0. The lowest BCUT2D eigenvalue weighted by Gasteiger charge is -2.02. The number of hydrogen-bond donors (Lipinski definition) is 2. The fourth-order valence-corrected chi connectivity index (χ4v) is 2.82. The minimum atomic E-state index is 0.538. The first-order valence-electron chi connectivity index (χ1n) is 7.33. The lowest BCUT2D eigenvalue weighted by atomic mass is 10.1. The van der Waals surface area contributed by atoms with Crippen LogP contribution in [-0.4, -0.2) is 29.5 Å².